The summed E-state index contributed by atoms with van der Waals surface area (Å²) in [5.41, 5.74) is 0. The van der Waals surface area contributed by atoms with Gasteiger partial charge in [0.05, 0.1) is 17.9 Å². The van der Waals surface area contributed by atoms with Crippen molar-refractivity contribution >= 4 is 47.6 Å². The van der Waals surface area contributed by atoms with Gasteiger partial charge in [0.25, 0.3) is 10.1 Å². The Morgan fingerprint density at radius 1 is 1.06 bits per heavy atom. The summed E-state index contributed by atoms with van der Waals surface area (Å²) in [4.78, 5) is 0. The molecule has 0 aromatic rings. The Kier molecular flexibility index (Phi) is 13.2. The van der Waals surface area contributed by atoms with E-state index in [-0.39, 0.29) is 35.3 Å². The van der Waals surface area contributed by atoms with E-state index >= 15 is 0 Å². The first kappa shape index (κ1) is 19.7. The topological polar surface area (TPSA) is 102 Å². The molecule has 0 fully saturated rings. The second-order valence-corrected chi connectivity index (χ2v) is 7.55. The molecule has 0 aliphatic carbocycles. The van der Waals surface area contributed by atoms with Gasteiger partial charge in [0.1, 0.15) is 0 Å². The second-order valence-electron chi connectivity index (χ2n) is 3.30. The van der Waals surface area contributed by atoms with E-state index in [1.807, 2.05) is 12.1 Å². The Labute approximate surface area is 126 Å². The molecule has 0 atom stereocenters. The van der Waals surface area contributed by atoms with Gasteiger partial charge in [0, 0.05) is 12.8 Å². The molecule has 0 aliphatic rings. The Hall–Kier alpha value is 0.320. The Morgan fingerprint density at radius 3 is 1.88 bits per heavy atom. The van der Waals surface area contributed by atoms with Crippen LogP contribution in [0.5, 0.6) is 0 Å². The summed E-state index contributed by atoms with van der Waals surface area (Å²) in [5.74, 6) is -0.231. The molecular weight excluding hydrogens is 270 g/mol. The van der Waals surface area contributed by atoms with Crippen LogP contribution in [0.25, 0.3) is 0 Å². The standard InChI is InChI=1S/C9H15N2O3PS.Na.H/c10-4-1-6-15(7-2-5-11)8-3-9-16(12,13)14;;/h1-3,6-9H2,(H,12,13,14);;. The van der Waals surface area contributed by atoms with E-state index < -0.39 is 18.0 Å². The van der Waals surface area contributed by atoms with E-state index in [1.54, 1.807) is 0 Å². The number of nitriles is 2. The maximum absolute atomic E-state index is 10.5. The van der Waals surface area contributed by atoms with Crippen LogP contribution in [0.1, 0.15) is 19.3 Å². The molecule has 0 saturated carbocycles. The number of rotatable bonds is 8. The van der Waals surface area contributed by atoms with Gasteiger partial charge in [0.2, 0.25) is 0 Å². The van der Waals surface area contributed by atoms with Crippen molar-refractivity contribution in [1.29, 1.82) is 10.5 Å². The number of nitrogens with zero attached hydrogens (tertiary/aromatic N) is 2. The summed E-state index contributed by atoms with van der Waals surface area (Å²) in [5, 5.41) is 16.9. The van der Waals surface area contributed by atoms with E-state index in [2.05, 4.69) is 0 Å². The fraction of sp³-hybridized carbons (Fsp3) is 0.778. The first-order chi connectivity index (χ1) is 7.49. The van der Waals surface area contributed by atoms with Gasteiger partial charge in [0.15, 0.2) is 0 Å². The van der Waals surface area contributed by atoms with Crippen LogP contribution in [0.4, 0.5) is 0 Å². The second kappa shape index (κ2) is 11.4. The van der Waals surface area contributed by atoms with E-state index in [0.29, 0.717) is 25.4 Å². The summed E-state index contributed by atoms with van der Waals surface area (Å²) >= 11 is 0. The molecule has 1 N–H and O–H groups in total. The summed E-state index contributed by atoms with van der Waals surface area (Å²) in [6, 6.07) is 4.09. The Bertz CT molecular complexity index is 357. The monoisotopic (exact) mass is 286 g/mol. The molecule has 17 heavy (non-hydrogen) atoms. The molecule has 0 radical (unpaired) electrons. The molecule has 0 aromatic heterocycles. The fourth-order valence-corrected chi connectivity index (χ4v) is 4.05. The molecular formula is C9H16N2NaO3PS. The van der Waals surface area contributed by atoms with Crippen molar-refractivity contribution in [3.8, 4) is 12.1 Å². The quantitative estimate of drug-likeness (QED) is 0.406. The Balaban J connectivity index is 0. The SMILES string of the molecule is N#CCCP(CCC#N)CCCS(=O)(=O)O.[NaH]. The molecule has 0 rings (SSSR count). The molecule has 0 aliphatic heterocycles. The molecule has 0 spiro atoms. The minimum atomic E-state index is -3.88. The molecule has 0 bridgehead atoms. The van der Waals surface area contributed by atoms with Gasteiger partial charge in [-0.1, -0.05) is 0 Å². The maximum atomic E-state index is 10.5. The summed E-state index contributed by atoms with van der Waals surface area (Å²) < 4.78 is 29.6. The van der Waals surface area contributed by atoms with Crippen LogP contribution < -0.4 is 0 Å². The Morgan fingerprint density at radius 2 is 1.53 bits per heavy atom. The summed E-state index contributed by atoms with van der Waals surface area (Å²) in [6.07, 6.45) is 3.49. The van der Waals surface area contributed by atoms with Crippen molar-refractivity contribution in [1.82, 2.24) is 0 Å². The van der Waals surface area contributed by atoms with Gasteiger partial charge < -0.3 is 0 Å². The van der Waals surface area contributed by atoms with Gasteiger partial charge in [-0.05, 0) is 24.9 Å². The molecule has 0 saturated heterocycles. The number of hydrogen-bond donors (Lipinski definition) is 1. The van der Waals surface area contributed by atoms with E-state index in [0.717, 1.165) is 12.3 Å². The van der Waals surface area contributed by atoms with Crippen molar-refractivity contribution in [3.63, 3.8) is 0 Å². The van der Waals surface area contributed by atoms with Crippen LogP contribution in [-0.4, -0.2) is 66.8 Å². The van der Waals surface area contributed by atoms with Crippen LogP contribution in [0.2, 0.25) is 0 Å². The molecule has 92 valence electrons. The predicted octanol–water partition coefficient (Wildman–Crippen LogP) is 0.925. The third kappa shape index (κ3) is 14.3. The minimum absolute atomic E-state index is 0. The average molecular weight is 286 g/mol. The van der Waals surface area contributed by atoms with Gasteiger partial charge >= 0.3 is 29.6 Å². The van der Waals surface area contributed by atoms with Gasteiger partial charge in [-0.15, -0.1) is 7.92 Å². The van der Waals surface area contributed by atoms with Crippen LogP contribution in [0, 0.1) is 22.7 Å². The van der Waals surface area contributed by atoms with Crippen molar-refractivity contribution in [2.45, 2.75) is 19.3 Å². The van der Waals surface area contributed by atoms with E-state index in [4.69, 9.17) is 15.1 Å². The molecule has 0 aromatic carbocycles. The van der Waals surface area contributed by atoms with E-state index in [1.165, 1.54) is 0 Å². The predicted molar refractivity (Wildman–Crippen MR) is 70.2 cm³/mol. The zero-order valence-electron chi connectivity index (χ0n) is 8.96. The van der Waals surface area contributed by atoms with Crippen molar-refractivity contribution < 1.29 is 13.0 Å². The normalized spacial score (nSPS) is 10.4. The molecule has 0 unspecified atom stereocenters. The average Bonchev–Trinajstić information content (AvgIpc) is 2.19. The van der Waals surface area contributed by atoms with E-state index in [9.17, 15) is 8.42 Å². The van der Waals surface area contributed by atoms with Crippen molar-refractivity contribution in [2.75, 3.05) is 24.2 Å². The van der Waals surface area contributed by atoms with Crippen molar-refractivity contribution in [3.05, 3.63) is 0 Å². The molecule has 5 nitrogen and oxygen atoms in total. The third-order valence-corrected chi connectivity index (χ3v) is 5.42. The fourth-order valence-electron chi connectivity index (χ4n) is 1.22. The van der Waals surface area contributed by atoms with Gasteiger partial charge in [-0.25, -0.2) is 0 Å². The van der Waals surface area contributed by atoms with Crippen LogP contribution in [0.15, 0.2) is 0 Å². The third-order valence-electron chi connectivity index (χ3n) is 1.96. The molecule has 8 heteroatoms. The number of hydrogen-bond acceptors (Lipinski definition) is 4. The van der Waals surface area contributed by atoms with Crippen LogP contribution >= 0.6 is 7.92 Å². The van der Waals surface area contributed by atoms with Crippen LogP contribution in [0.3, 0.4) is 0 Å². The summed E-state index contributed by atoms with van der Waals surface area (Å²) in [7, 11) is -4.33. The van der Waals surface area contributed by atoms with Gasteiger partial charge in [-0.2, -0.15) is 18.9 Å². The van der Waals surface area contributed by atoms with Crippen LogP contribution in [-0.2, 0) is 10.1 Å². The van der Waals surface area contributed by atoms with Crippen molar-refractivity contribution in [2.24, 2.45) is 0 Å². The first-order valence-corrected chi connectivity index (χ1v) is 8.41. The molecule has 0 amide bonds. The zero-order chi connectivity index (χ0) is 12.4. The first-order valence-electron chi connectivity index (χ1n) is 4.91. The summed E-state index contributed by atoms with van der Waals surface area (Å²) in [6.45, 7) is 0. The zero-order valence-corrected chi connectivity index (χ0v) is 10.7. The molecule has 0 heterocycles. The van der Waals surface area contributed by atoms with Gasteiger partial charge in [-0.3, -0.25) is 4.55 Å².